The molecule has 0 saturated carbocycles. The van der Waals surface area contributed by atoms with Crippen LogP contribution in [0.3, 0.4) is 0 Å². The third kappa shape index (κ3) is 3.15. The maximum atomic E-state index is 12.6. The Bertz CT molecular complexity index is 442. The van der Waals surface area contributed by atoms with Gasteiger partial charge in [-0.15, -0.1) is 13.2 Å². The minimum absolute atomic E-state index is 0.401. The molecule has 4 nitrogen and oxygen atoms in total. The molecular weight excluding hydrogens is 270 g/mol. The van der Waals surface area contributed by atoms with Gasteiger partial charge in [0.25, 0.3) is 0 Å². The highest BCUT2D eigenvalue weighted by Crippen LogP contribution is 2.44. The highest BCUT2D eigenvalue weighted by atomic mass is 19.4. The van der Waals surface area contributed by atoms with Gasteiger partial charge >= 0.3 is 12.5 Å². The molecule has 18 heavy (non-hydrogen) atoms. The topological polar surface area (TPSA) is 68.4 Å². The molecule has 0 aliphatic heterocycles. The van der Waals surface area contributed by atoms with E-state index in [9.17, 15) is 26.3 Å². The van der Waals surface area contributed by atoms with E-state index >= 15 is 0 Å². The number of aromatic nitrogens is 1. The number of halogens is 6. The van der Waals surface area contributed by atoms with E-state index in [0.717, 1.165) is 0 Å². The van der Waals surface area contributed by atoms with Gasteiger partial charge in [-0.05, 0) is 0 Å². The van der Waals surface area contributed by atoms with Crippen molar-refractivity contribution in [2.75, 3.05) is 0 Å². The molecule has 0 radical (unpaired) electrons. The van der Waals surface area contributed by atoms with Crippen LogP contribution in [0.25, 0.3) is 0 Å². The molecular formula is C8H6F6N2O2. The van der Waals surface area contributed by atoms with Crippen LogP contribution >= 0.6 is 0 Å². The summed E-state index contributed by atoms with van der Waals surface area (Å²) in [4.78, 5) is 3.11. The first-order valence-corrected chi connectivity index (χ1v) is 4.30. The SMILES string of the molecule is NCc1ncc(O)c(OC(F)(F)F)c1C(F)(F)F. The van der Waals surface area contributed by atoms with Gasteiger partial charge in [0.05, 0.1) is 11.9 Å². The molecule has 10 heteroatoms. The Labute approximate surface area is 96.0 Å². The van der Waals surface area contributed by atoms with Crippen LogP contribution in [0, 0.1) is 0 Å². The van der Waals surface area contributed by atoms with E-state index in [0.29, 0.717) is 6.20 Å². The van der Waals surface area contributed by atoms with Gasteiger partial charge in [0.15, 0.2) is 11.5 Å². The number of rotatable bonds is 2. The van der Waals surface area contributed by atoms with E-state index in [1.54, 1.807) is 0 Å². The van der Waals surface area contributed by atoms with Gasteiger partial charge in [-0.2, -0.15) is 13.2 Å². The summed E-state index contributed by atoms with van der Waals surface area (Å²) in [5.74, 6) is -3.14. The average Bonchev–Trinajstić information content (AvgIpc) is 2.17. The second kappa shape index (κ2) is 4.52. The molecule has 0 fully saturated rings. The van der Waals surface area contributed by atoms with Gasteiger partial charge in [0, 0.05) is 6.54 Å². The van der Waals surface area contributed by atoms with Crippen molar-refractivity contribution in [2.24, 2.45) is 5.73 Å². The van der Waals surface area contributed by atoms with Crippen molar-refractivity contribution in [3.8, 4) is 11.5 Å². The third-order valence-corrected chi connectivity index (χ3v) is 1.79. The van der Waals surface area contributed by atoms with Crippen molar-refractivity contribution in [1.82, 2.24) is 4.98 Å². The Balaban J connectivity index is 3.46. The molecule has 1 aromatic heterocycles. The lowest BCUT2D eigenvalue weighted by molar-refractivity contribution is -0.276. The summed E-state index contributed by atoms with van der Waals surface area (Å²) >= 11 is 0. The van der Waals surface area contributed by atoms with E-state index in [4.69, 9.17) is 10.8 Å². The number of ether oxygens (including phenoxy) is 1. The van der Waals surface area contributed by atoms with Crippen molar-refractivity contribution < 1.29 is 36.2 Å². The van der Waals surface area contributed by atoms with E-state index in [1.165, 1.54) is 0 Å². The summed E-state index contributed by atoms with van der Waals surface area (Å²) in [6.45, 7) is -0.761. The predicted molar refractivity (Wildman–Crippen MR) is 45.5 cm³/mol. The molecule has 0 unspecified atom stereocenters. The smallest absolute Gasteiger partial charge is 0.503 e. The summed E-state index contributed by atoms with van der Waals surface area (Å²) in [6, 6.07) is 0. The maximum absolute atomic E-state index is 12.6. The molecule has 1 aromatic rings. The average molecular weight is 276 g/mol. The number of pyridine rings is 1. The summed E-state index contributed by atoms with van der Waals surface area (Å²) in [5, 5.41) is 9.01. The normalized spacial score (nSPS) is 12.6. The molecule has 0 amide bonds. The third-order valence-electron chi connectivity index (χ3n) is 1.79. The van der Waals surface area contributed by atoms with Gasteiger partial charge < -0.3 is 15.6 Å². The summed E-state index contributed by atoms with van der Waals surface area (Å²) < 4.78 is 76.9. The fourth-order valence-corrected chi connectivity index (χ4v) is 1.19. The minimum Gasteiger partial charge on any atom is -0.503 e. The highest BCUT2D eigenvalue weighted by molar-refractivity contribution is 5.48. The standard InChI is InChI=1S/C8H6F6N2O2/c9-7(10,11)5-3(1-15)16-2-4(17)6(5)18-8(12,13)14/h2,17H,1,15H2. The lowest BCUT2D eigenvalue weighted by Crippen LogP contribution is -2.22. The first-order chi connectivity index (χ1) is 8.06. The summed E-state index contributed by atoms with van der Waals surface area (Å²) in [7, 11) is 0. The van der Waals surface area contributed by atoms with Crippen molar-refractivity contribution in [3.63, 3.8) is 0 Å². The zero-order valence-electron chi connectivity index (χ0n) is 8.43. The molecule has 0 aliphatic rings. The van der Waals surface area contributed by atoms with E-state index in [2.05, 4.69) is 9.72 Å². The zero-order valence-corrected chi connectivity index (χ0v) is 8.43. The molecule has 0 spiro atoms. The zero-order chi connectivity index (χ0) is 14.1. The van der Waals surface area contributed by atoms with E-state index in [1.807, 2.05) is 0 Å². The van der Waals surface area contributed by atoms with Crippen molar-refractivity contribution in [3.05, 3.63) is 17.5 Å². The van der Waals surface area contributed by atoms with Gasteiger partial charge in [-0.1, -0.05) is 0 Å². The Morgan fingerprint density at radius 1 is 1.22 bits per heavy atom. The van der Waals surface area contributed by atoms with Gasteiger partial charge in [-0.3, -0.25) is 4.98 Å². The fraction of sp³-hybridized carbons (Fsp3) is 0.375. The molecule has 1 rings (SSSR count). The lowest BCUT2D eigenvalue weighted by atomic mass is 10.1. The molecule has 0 saturated heterocycles. The van der Waals surface area contributed by atoms with Crippen LogP contribution in [0.4, 0.5) is 26.3 Å². The van der Waals surface area contributed by atoms with E-state index in [-0.39, 0.29) is 0 Å². The lowest BCUT2D eigenvalue weighted by Gasteiger charge is -2.18. The summed E-state index contributed by atoms with van der Waals surface area (Å²) in [5.41, 5.74) is 2.24. The van der Waals surface area contributed by atoms with Crippen LogP contribution in [0.1, 0.15) is 11.3 Å². The predicted octanol–water partition coefficient (Wildman–Crippen LogP) is 2.16. The van der Waals surface area contributed by atoms with Crippen LogP contribution in [0.2, 0.25) is 0 Å². The van der Waals surface area contributed by atoms with Crippen LogP contribution in [0.5, 0.6) is 11.5 Å². The van der Waals surface area contributed by atoms with Crippen molar-refractivity contribution in [2.45, 2.75) is 19.1 Å². The summed E-state index contributed by atoms with van der Waals surface area (Å²) in [6.07, 6.45) is -10.2. The van der Waals surface area contributed by atoms with Gasteiger partial charge in [0.2, 0.25) is 0 Å². The van der Waals surface area contributed by atoms with Crippen molar-refractivity contribution >= 4 is 0 Å². The molecule has 1 heterocycles. The second-order valence-electron chi connectivity index (χ2n) is 3.04. The first-order valence-electron chi connectivity index (χ1n) is 4.30. The van der Waals surface area contributed by atoms with Gasteiger partial charge in [0.1, 0.15) is 5.56 Å². The Morgan fingerprint density at radius 3 is 2.17 bits per heavy atom. The molecule has 0 aliphatic carbocycles. The molecule has 3 N–H and O–H groups in total. The number of hydrogen-bond donors (Lipinski definition) is 2. The Kier molecular flexibility index (Phi) is 3.60. The molecule has 0 aromatic carbocycles. The maximum Gasteiger partial charge on any atom is 0.573 e. The number of nitrogens with zero attached hydrogens (tertiary/aromatic N) is 1. The fourth-order valence-electron chi connectivity index (χ4n) is 1.19. The minimum atomic E-state index is -5.38. The van der Waals surface area contributed by atoms with Crippen LogP contribution < -0.4 is 10.5 Å². The van der Waals surface area contributed by atoms with Gasteiger partial charge in [-0.25, -0.2) is 0 Å². The van der Waals surface area contributed by atoms with Crippen LogP contribution in [-0.4, -0.2) is 16.5 Å². The van der Waals surface area contributed by atoms with E-state index < -0.39 is 41.8 Å². The van der Waals surface area contributed by atoms with Crippen LogP contribution in [0.15, 0.2) is 6.20 Å². The second-order valence-corrected chi connectivity index (χ2v) is 3.04. The Hall–Kier alpha value is -1.71. The quantitative estimate of drug-likeness (QED) is 0.812. The largest absolute Gasteiger partial charge is 0.573 e. The first kappa shape index (κ1) is 14.4. The monoisotopic (exact) mass is 276 g/mol. The van der Waals surface area contributed by atoms with Crippen LogP contribution in [-0.2, 0) is 12.7 Å². The molecule has 0 atom stereocenters. The highest BCUT2D eigenvalue weighted by Gasteiger charge is 2.43. The molecule has 0 bridgehead atoms. The Morgan fingerprint density at radius 2 is 1.78 bits per heavy atom. The number of aromatic hydroxyl groups is 1. The molecule has 102 valence electrons. The number of alkyl halides is 6. The van der Waals surface area contributed by atoms with Crippen molar-refractivity contribution in [1.29, 1.82) is 0 Å². The number of hydrogen-bond acceptors (Lipinski definition) is 4. The number of nitrogens with two attached hydrogens (primary N) is 1.